The monoisotopic (exact) mass is 463 g/mol. The minimum absolute atomic E-state index is 0.0821. The van der Waals surface area contributed by atoms with Gasteiger partial charge in [0.1, 0.15) is 5.75 Å². The van der Waals surface area contributed by atoms with Gasteiger partial charge in [-0.3, -0.25) is 9.69 Å². The third-order valence-corrected chi connectivity index (χ3v) is 7.37. The van der Waals surface area contributed by atoms with Crippen molar-refractivity contribution in [3.8, 4) is 5.75 Å². The van der Waals surface area contributed by atoms with E-state index in [1.165, 1.54) is 4.90 Å². The summed E-state index contributed by atoms with van der Waals surface area (Å²) in [6.45, 7) is 9.21. The van der Waals surface area contributed by atoms with Crippen LogP contribution in [0, 0.1) is 6.92 Å². The van der Waals surface area contributed by atoms with Crippen molar-refractivity contribution in [1.82, 2.24) is 14.4 Å². The predicted molar refractivity (Wildman–Crippen MR) is 136 cm³/mol. The van der Waals surface area contributed by atoms with Gasteiger partial charge in [0.2, 0.25) is 0 Å². The van der Waals surface area contributed by atoms with Crippen molar-refractivity contribution >= 4 is 11.8 Å². The molecular weight excluding hydrogens is 430 g/mol. The fourth-order valence-corrected chi connectivity index (χ4v) is 5.08. The van der Waals surface area contributed by atoms with Gasteiger partial charge in [-0.25, -0.2) is 0 Å². The van der Waals surface area contributed by atoms with E-state index in [-0.39, 0.29) is 17.4 Å². The highest BCUT2D eigenvalue weighted by atomic mass is 32.2. The van der Waals surface area contributed by atoms with Crippen LogP contribution in [0.25, 0.3) is 0 Å². The van der Waals surface area contributed by atoms with Crippen molar-refractivity contribution in [2.75, 3.05) is 39.0 Å². The van der Waals surface area contributed by atoms with Crippen LogP contribution in [0.15, 0.2) is 70.4 Å². The summed E-state index contributed by atoms with van der Waals surface area (Å²) in [7, 11) is 0. The Bertz CT molecular complexity index is 1120. The number of piperazine rings is 1. The maximum Gasteiger partial charge on any atom is 0.259 e. The van der Waals surface area contributed by atoms with Gasteiger partial charge in [-0.1, -0.05) is 49.4 Å². The fraction of sp³-hybridized carbons (Fsp3) is 0.370. The van der Waals surface area contributed by atoms with Gasteiger partial charge in [0, 0.05) is 36.8 Å². The first kappa shape index (κ1) is 23.6. The molecule has 33 heavy (non-hydrogen) atoms. The first-order valence-electron chi connectivity index (χ1n) is 11.6. The summed E-state index contributed by atoms with van der Waals surface area (Å²) in [4.78, 5) is 19.8. The predicted octanol–water partition coefficient (Wildman–Crippen LogP) is 4.36. The minimum Gasteiger partial charge on any atom is -0.507 e. The second-order valence-corrected chi connectivity index (χ2v) is 9.49. The molecule has 0 radical (unpaired) electrons. The molecule has 0 aliphatic carbocycles. The molecule has 1 fully saturated rings. The van der Waals surface area contributed by atoms with Gasteiger partial charge in [0.05, 0.1) is 18.2 Å². The molecule has 0 bridgehead atoms. The minimum atomic E-state index is -0.282. The molecule has 1 atom stereocenters. The average molecular weight is 464 g/mol. The number of thioether (sulfide) groups is 1. The molecule has 3 aromatic rings. The van der Waals surface area contributed by atoms with Crippen LogP contribution in [0.1, 0.15) is 35.3 Å². The number of hydrogen-bond donors (Lipinski definition) is 1. The van der Waals surface area contributed by atoms with Crippen LogP contribution in [0.5, 0.6) is 5.75 Å². The molecule has 2 heterocycles. The summed E-state index contributed by atoms with van der Waals surface area (Å²) in [5.41, 5.74) is 3.22. The number of pyridine rings is 1. The Morgan fingerprint density at radius 2 is 1.67 bits per heavy atom. The van der Waals surface area contributed by atoms with Crippen LogP contribution in [0.3, 0.4) is 0 Å². The molecule has 4 rings (SSSR count). The van der Waals surface area contributed by atoms with E-state index in [9.17, 15) is 9.90 Å². The van der Waals surface area contributed by atoms with Gasteiger partial charge in [0.25, 0.3) is 5.56 Å². The Hall–Kier alpha value is -2.54. The van der Waals surface area contributed by atoms with Crippen LogP contribution in [-0.2, 0) is 6.54 Å². The normalized spacial score (nSPS) is 16.1. The number of likely N-dealkylation sites (N-methyl/N-ethyl adjacent to an activating group) is 1. The summed E-state index contributed by atoms with van der Waals surface area (Å²) in [5.74, 6) is 0.0821. The molecule has 0 spiro atoms. The topological polar surface area (TPSA) is 48.7 Å². The van der Waals surface area contributed by atoms with Gasteiger partial charge < -0.3 is 14.6 Å². The van der Waals surface area contributed by atoms with Crippen LogP contribution in [0.2, 0.25) is 0 Å². The summed E-state index contributed by atoms with van der Waals surface area (Å²) < 4.78 is 1.79. The lowest BCUT2D eigenvalue weighted by atomic mass is 9.96. The third kappa shape index (κ3) is 5.18. The van der Waals surface area contributed by atoms with E-state index in [0.29, 0.717) is 12.1 Å². The van der Waals surface area contributed by atoms with Crippen LogP contribution < -0.4 is 5.56 Å². The number of benzene rings is 2. The van der Waals surface area contributed by atoms with Crippen molar-refractivity contribution in [2.45, 2.75) is 31.3 Å². The zero-order valence-corrected chi connectivity index (χ0v) is 20.5. The van der Waals surface area contributed by atoms with E-state index in [2.05, 4.69) is 47.2 Å². The number of aromatic nitrogens is 1. The van der Waals surface area contributed by atoms with E-state index in [0.717, 1.165) is 49.5 Å². The molecule has 1 aliphatic heterocycles. The molecule has 6 heteroatoms. The molecule has 2 aromatic carbocycles. The van der Waals surface area contributed by atoms with Gasteiger partial charge >= 0.3 is 0 Å². The highest BCUT2D eigenvalue weighted by molar-refractivity contribution is 7.98. The highest BCUT2D eigenvalue weighted by Crippen LogP contribution is 2.34. The Kier molecular flexibility index (Phi) is 7.58. The first-order chi connectivity index (χ1) is 16.0. The second-order valence-electron chi connectivity index (χ2n) is 8.61. The Labute approximate surface area is 200 Å². The Balaban J connectivity index is 1.80. The molecule has 0 unspecified atom stereocenters. The Morgan fingerprint density at radius 1 is 1.00 bits per heavy atom. The number of hydrogen-bond acceptors (Lipinski definition) is 5. The van der Waals surface area contributed by atoms with E-state index < -0.39 is 0 Å². The fourth-order valence-electron chi connectivity index (χ4n) is 4.67. The average Bonchev–Trinajstić information content (AvgIpc) is 2.85. The van der Waals surface area contributed by atoms with Gasteiger partial charge in [-0.2, -0.15) is 0 Å². The van der Waals surface area contributed by atoms with Crippen molar-refractivity contribution in [3.63, 3.8) is 0 Å². The summed E-state index contributed by atoms with van der Waals surface area (Å²) >= 11 is 1.70. The van der Waals surface area contributed by atoms with Crippen molar-refractivity contribution in [3.05, 3.63) is 93.4 Å². The Morgan fingerprint density at radius 3 is 2.27 bits per heavy atom. The molecule has 0 amide bonds. The highest BCUT2D eigenvalue weighted by Gasteiger charge is 2.31. The zero-order valence-electron chi connectivity index (χ0n) is 19.7. The standard InChI is InChI=1S/C27H33N3O2S/c1-4-28-14-16-29(17-15-28)26(22-10-12-23(33-3)13-11-22)25-24(31)18-20(2)30(27(25)32)19-21-8-6-5-7-9-21/h5-13,18,26,31H,4,14-17,19H2,1-3H3/t26-/m0/s1. The molecular formula is C27H33N3O2S. The van der Waals surface area contributed by atoms with Gasteiger partial charge in [-0.15, -0.1) is 11.8 Å². The molecule has 1 aliphatic rings. The lowest BCUT2D eigenvalue weighted by Crippen LogP contribution is -2.48. The van der Waals surface area contributed by atoms with Gasteiger partial charge in [-0.05, 0) is 49.1 Å². The van der Waals surface area contributed by atoms with Crippen LogP contribution in [0.4, 0.5) is 0 Å². The summed E-state index contributed by atoms with van der Waals surface area (Å²) in [5, 5.41) is 11.1. The SMILES string of the molecule is CCN1CCN([C@@H](c2ccc(SC)cc2)c2c(O)cc(C)n(Cc3ccccc3)c2=O)CC1. The van der Waals surface area contributed by atoms with Gasteiger partial charge in [0.15, 0.2) is 0 Å². The maximum atomic E-state index is 13.9. The van der Waals surface area contributed by atoms with E-state index in [1.54, 1.807) is 22.4 Å². The molecule has 1 N–H and O–H groups in total. The number of nitrogens with zero attached hydrogens (tertiary/aromatic N) is 3. The lowest BCUT2D eigenvalue weighted by Gasteiger charge is -2.39. The molecule has 174 valence electrons. The largest absolute Gasteiger partial charge is 0.507 e. The molecule has 5 nitrogen and oxygen atoms in total. The summed E-state index contributed by atoms with van der Waals surface area (Å²) in [6, 6.07) is 19.9. The quantitative estimate of drug-likeness (QED) is 0.528. The smallest absolute Gasteiger partial charge is 0.259 e. The zero-order chi connectivity index (χ0) is 23.4. The first-order valence-corrected chi connectivity index (χ1v) is 12.8. The van der Waals surface area contributed by atoms with Crippen molar-refractivity contribution in [1.29, 1.82) is 0 Å². The number of aromatic hydroxyl groups is 1. The number of aryl methyl sites for hydroxylation is 1. The van der Waals surface area contributed by atoms with Crippen LogP contribution >= 0.6 is 11.8 Å². The van der Waals surface area contributed by atoms with Crippen molar-refractivity contribution < 1.29 is 5.11 Å². The number of rotatable bonds is 7. The van der Waals surface area contributed by atoms with Crippen molar-refractivity contribution in [2.24, 2.45) is 0 Å². The van der Waals surface area contributed by atoms with E-state index in [4.69, 9.17) is 0 Å². The van der Waals surface area contributed by atoms with E-state index >= 15 is 0 Å². The molecule has 1 saturated heterocycles. The lowest BCUT2D eigenvalue weighted by molar-refractivity contribution is 0.111. The molecule has 0 saturated carbocycles. The summed E-state index contributed by atoms with van der Waals surface area (Å²) in [6.07, 6.45) is 2.06. The van der Waals surface area contributed by atoms with Crippen LogP contribution in [-0.4, -0.2) is 58.5 Å². The van der Waals surface area contributed by atoms with E-state index in [1.807, 2.05) is 37.3 Å². The maximum absolute atomic E-state index is 13.9. The third-order valence-electron chi connectivity index (χ3n) is 6.63. The molecule has 1 aromatic heterocycles. The second kappa shape index (κ2) is 10.6.